The van der Waals surface area contributed by atoms with Gasteiger partial charge in [0.2, 0.25) is 0 Å². The zero-order chi connectivity index (χ0) is 16.5. The van der Waals surface area contributed by atoms with Crippen LogP contribution < -0.4 is 10.6 Å². The molecule has 0 saturated carbocycles. The number of benzene rings is 1. The summed E-state index contributed by atoms with van der Waals surface area (Å²) < 4.78 is 13.7. The Bertz CT molecular complexity index is 652. The third-order valence-corrected chi connectivity index (χ3v) is 3.92. The molecule has 0 fully saturated rings. The summed E-state index contributed by atoms with van der Waals surface area (Å²) in [5, 5.41) is 6.50. The molecule has 1 heterocycles. The van der Waals surface area contributed by atoms with Crippen LogP contribution in [0.1, 0.15) is 11.3 Å². The summed E-state index contributed by atoms with van der Waals surface area (Å²) in [6, 6.07) is 11.0. The van der Waals surface area contributed by atoms with Gasteiger partial charge in [-0.15, -0.1) is 24.0 Å². The quantitative estimate of drug-likeness (QED) is 0.358. The maximum atomic E-state index is 13.2. The van der Waals surface area contributed by atoms with Crippen molar-refractivity contribution in [2.45, 2.75) is 12.8 Å². The lowest BCUT2D eigenvalue weighted by atomic mass is 10.1. The molecule has 4 nitrogen and oxygen atoms in total. The first-order valence-electron chi connectivity index (χ1n) is 7.47. The normalized spacial score (nSPS) is 10.9. The molecule has 130 valence electrons. The number of pyridine rings is 1. The van der Waals surface area contributed by atoms with E-state index in [1.807, 2.05) is 18.2 Å². The standard InChI is InChI=1S/C17H20BrFN4.HI/c1-20-17(23-11-8-14-4-2-3-9-21-14)22-10-7-13-5-6-16(19)15(18)12-13;/h2-6,9,12H,7-8,10-11H2,1H3,(H2,20,22,23);1H. The highest BCUT2D eigenvalue weighted by Gasteiger charge is 2.02. The summed E-state index contributed by atoms with van der Waals surface area (Å²) in [7, 11) is 1.74. The molecule has 0 aliphatic carbocycles. The van der Waals surface area contributed by atoms with E-state index in [1.54, 1.807) is 25.4 Å². The zero-order valence-electron chi connectivity index (χ0n) is 13.4. The molecule has 0 atom stereocenters. The summed E-state index contributed by atoms with van der Waals surface area (Å²) >= 11 is 3.20. The van der Waals surface area contributed by atoms with Gasteiger partial charge in [-0.05, 0) is 52.2 Å². The predicted molar refractivity (Wildman–Crippen MR) is 111 cm³/mol. The summed E-state index contributed by atoms with van der Waals surface area (Å²) in [4.78, 5) is 8.47. The Labute approximate surface area is 167 Å². The van der Waals surface area contributed by atoms with Crippen LogP contribution in [-0.2, 0) is 12.8 Å². The van der Waals surface area contributed by atoms with Gasteiger partial charge in [0.1, 0.15) is 5.82 Å². The Morgan fingerprint density at radius 3 is 2.54 bits per heavy atom. The average Bonchev–Trinajstić information content (AvgIpc) is 2.57. The van der Waals surface area contributed by atoms with Gasteiger partial charge in [-0.1, -0.05) is 12.1 Å². The number of nitrogens with zero attached hydrogens (tertiary/aromatic N) is 2. The smallest absolute Gasteiger partial charge is 0.190 e. The molecule has 0 spiro atoms. The third-order valence-electron chi connectivity index (χ3n) is 3.31. The van der Waals surface area contributed by atoms with Gasteiger partial charge in [0.25, 0.3) is 0 Å². The molecule has 0 unspecified atom stereocenters. The molecule has 0 radical (unpaired) electrons. The van der Waals surface area contributed by atoms with E-state index in [1.165, 1.54) is 6.07 Å². The lowest BCUT2D eigenvalue weighted by Gasteiger charge is -2.12. The number of rotatable bonds is 6. The van der Waals surface area contributed by atoms with Gasteiger partial charge >= 0.3 is 0 Å². The minimum Gasteiger partial charge on any atom is -0.356 e. The highest BCUT2D eigenvalue weighted by molar-refractivity contribution is 14.0. The lowest BCUT2D eigenvalue weighted by Crippen LogP contribution is -2.39. The molecule has 1 aromatic heterocycles. The van der Waals surface area contributed by atoms with Gasteiger partial charge in [-0.3, -0.25) is 9.98 Å². The molecule has 0 bridgehead atoms. The number of guanidine groups is 1. The number of aliphatic imine (C=N–C) groups is 1. The van der Waals surface area contributed by atoms with Crippen LogP contribution in [0.25, 0.3) is 0 Å². The zero-order valence-corrected chi connectivity index (χ0v) is 17.3. The second kappa shape index (κ2) is 11.4. The van der Waals surface area contributed by atoms with Crippen molar-refractivity contribution in [1.29, 1.82) is 0 Å². The summed E-state index contributed by atoms with van der Waals surface area (Å²) in [6.07, 6.45) is 3.43. The maximum absolute atomic E-state index is 13.2. The van der Waals surface area contributed by atoms with Crippen LogP contribution >= 0.6 is 39.9 Å². The van der Waals surface area contributed by atoms with Crippen LogP contribution in [0.15, 0.2) is 52.1 Å². The van der Waals surface area contributed by atoms with Crippen LogP contribution in [0.3, 0.4) is 0 Å². The molecule has 0 amide bonds. The minimum atomic E-state index is -0.242. The van der Waals surface area contributed by atoms with Gasteiger partial charge in [0.15, 0.2) is 5.96 Å². The summed E-state index contributed by atoms with van der Waals surface area (Å²) in [5.74, 6) is 0.510. The van der Waals surface area contributed by atoms with E-state index < -0.39 is 0 Å². The Hall–Kier alpha value is -1.22. The van der Waals surface area contributed by atoms with E-state index in [0.717, 1.165) is 43.1 Å². The Balaban J connectivity index is 0.00000288. The van der Waals surface area contributed by atoms with Gasteiger partial charge < -0.3 is 10.6 Å². The molecule has 2 N–H and O–H groups in total. The topological polar surface area (TPSA) is 49.3 Å². The van der Waals surface area contributed by atoms with Crippen molar-refractivity contribution < 1.29 is 4.39 Å². The van der Waals surface area contributed by atoms with Crippen molar-refractivity contribution in [3.05, 3.63) is 64.1 Å². The monoisotopic (exact) mass is 506 g/mol. The minimum absolute atomic E-state index is 0. The van der Waals surface area contributed by atoms with Crippen LogP contribution in [0.5, 0.6) is 0 Å². The first-order chi connectivity index (χ1) is 11.2. The van der Waals surface area contributed by atoms with Gasteiger partial charge in [0.05, 0.1) is 4.47 Å². The van der Waals surface area contributed by atoms with E-state index in [2.05, 4.69) is 36.5 Å². The third kappa shape index (κ3) is 7.12. The molecule has 0 aliphatic heterocycles. The van der Waals surface area contributed by atoms with E-state index in [-0.39, 0.29) is 29.8 Å². The van der Waals surface area contributed by atoms with E-state index in [0.29, 0.717) is 4.47 Å². The van der Waals surface area contributed by atoms with Crippen LogP contribution in [0.2, 0.25) is 0 Å². The number of aromatic nitrogens is 1. The SMILES string of the molecule is CN=C(NCCc1ccc(F)c(Br)c1)NCCc1ccccn1.I. The van der Waals surface area contributed by atoms with E-state index in [9.17, 15) is 4.39 Å². The molecular formula is C17H21BrFIN4. The summed E-state index contributed by atoms with van der Waals surface area (Å²) in [5.41, 5.74) is 2.11. The highest BCUT2D eigenvalue weighted by Crippen LogP contribution is 2.16. The number of halogens is 3. The Morgan fingerprint density at radius 1 is 1.17 bits per heavy atom. The van der Waals surface area contributed by atoms with Crippen molar-refractivity contribution >= 4 is 45.9 Å². The molecule has 2 rings (SSSR count). The fraction of sp³-hybridized carbons (Fsp3) is 0.294. The molecule has 7 heteroatoms. The van der Waals surface area contributed by atoms with E-state index >= 15 is 0 Å². The van der Waals surface area contributed by atoms with Gasteiger partial charge in [-0.25, -0.2) is 4.39 Å². The van der Waals surface area contributed by atoms with Crippen molar-refractivity contribution in [2.24, 2.45) is 4.99 Å². The second-order valence-corrected chi connectivity index (χ2v) is 5.85. The second-order valence-electron chi connectivity index (χ2n) is 5.00. The Kier molecular flexibility index (Phi) is 9.85. The molecule has 0 aliphatic rings. The number of nitrogens with one attached hydrogen (secondary N) is 2. The molecule has 0 saturated heterocycles. The number of hydrogen-bond donors (Lipinski definition) is 2. The Morgan fingerprint density at radius 2 is 1.92 bits per heavy atom. The van der Waals surface area contributed by atoms with Crippen molar-refractivity contribution in [3.63, 3.8) is 0 Å². The molecule has 1 aromatic carbocycles. The van der Waals surface area contributed by atoms with Crippen molar-refractivity contribution in [2.75, 3.05) is 20.1 Å². The maximum Gasteiger partial charge on any atom is 0.190 e. The van der Waals surface area contributed by atoms with Gasteiger partial charge in [0, 0.05) is 38.4 Å². The number of hydrogen-bond acceptors (Lipinski definition) is 2. The van der Waals surface area contributed by atoms with Gasteiger partial charge in [-0.2, -0.15) is 0 Å². The first-order valence-corrected chi connectivity index (χ1v) is 8.26. The largest absolute Gasteiger partial charge is 0.356 e. The fourth-order valence-corrected chi connectivity index (χ4v) is 2.52. The molecule has 24 heavy (non-hydrogen) atoms. The van der Waals surface area contributed by atoms with Crippen LogP contribution in [0, 0.1) is 5.82 Å². The van der Waals surface area contributed by atoms with Crippen LogP contribution in [0.4, 0.5) is 4.39 Å². The lowest BCUT2D eigenvalue weighted by molar-refractivity contribution is 0.620. The summed E-state index contributed by atoms with van der Waals surface area (Å²) in [6.45, 7) is 1.49. The fourth-order valence-electron chi connectivity index (χ4n) is 2.10. The molecule has 2 aromatic rings. The van der Waals surface area contributed by atoms with Crippen molar-refractivity contribution in [3.8, 4) is 0 Å². The molecular weight excluding hydrogens is 486 g/mol. The highest BCUT2D eigenvalue weighted by atomic mass is 127. The van der Waals surface area contributed by atoms with Crippen molar-refractivity contribution in [1.82, 2.24) is 15.6 Å². The first kappa shape index (κ1) is 20.8. The predicted octanol–water partition coefficient (Wildman–Crippen LogP) is 3.55. The van der Waals surface area contributed by atoms with E-state index in [4.69, 9.17) is 0 Å². The van der Waals surface area contributed by atoms with Crippen LogP contribution in [-0.4, -0.2) is 31.1 Å². The average molecular weight is 507 g/mol.